The van der Waals surface area contributed by atoms with E-state index in [2.05, 4.69) is 26.2 Å². The maximum absolute atomic E-state index is 11.4. The zero-order valence-corrected chi connectivity index (χ0v) is 12.4. The summed E-state index contributed by atoms with van der Waals surface area (Å²) in [4.78, 5) is 18.4. The Bertz CT molecular complexity index is 410. The Labute approximate surface area is 113 Å². The highest BCUT2D eigenvalue weighted by molar-refractivity contribution is 9.11. The predicted molar refractivity (Wildman–Crippen MR) is 73.1 cm³/mol. The van der Waals surface area contributed by atoms with E-state index in [0.717, 1.165) is 9.88 Å². The third kappa shape index (κ3) is 5.83. The molecule has 0 saturated heterocycles. The average molecular weight is 319 g/mol. The summed E-state index contributed by atoms with van der Waals surface area (Å²) in [6.45, 7) is 5.87. The lowest BCUT2D eigenvalue weighted by Crippen LogP contribution is -2.32. The van der Waals surface area contributed by atoms with Gasteiger partial charge in [0, 0.05) is 11.1 Å². The van der Waals surface area contributed by atoms with Crippen LogP contribution in [0.2, 0.25) is 0 Å². The van der Waals surface area contributed by atoms with E-state index in [1.54, 1.807) is 11.2 Å². The van der Waals surface area contributed by atoms with Gasteiger partial charge in [-0.05, 0) is 31.8 Å². The highest BCUT2D eigenvalue weighted by atomic mass is 79.9. The smallest absolute Gasteiger partial charge is 0.408 e. The summed E-state index contributed by atoms with van der Waals surface area (Å²) in [6, 6.07) is 0. The van der Waals surface area contributed by atoms with Crippen LogP contribution in [0.25, 0.3) is 6.08 Å². The number of nitrogens with zero attached hydrogens (tertiary/aromatic N) is 1. The molecule has 0 saturated carbocycles. The molecule has 1 aromatic heterocycles. The number of hydrogen-bond donors (Lipinski definition) is 1. The highest BCUT2D eigenvalue weighted by Crippen LogP contribution is 2.15. The third-order valence-electron chi connectivity index (χ3n) is 1.58. The monoisotopic (exact) mass is 318 g/mol. The Kier molecular flexibility index (Phi) is 5.14. The molecule has 1 amide bonds. The Balaban J connectivity index is 2.42. The molecule has 0 aliphatic heterocycles. The van der Waals surface area contributed by atoms with Gasteiger partial charge in [0.2, 0.25) is 0 Å². The molecule has 1 heterocycles. The number of carbonyl (C=O) groups excluding carboxylic acids is 1. The van der Waals surface area contributed by atoms with Gasteiger partial charge in [0.05, 0.1) is 6.54 Å². The van der Waals surface area contributed by atoms with Crippen LogP contribution in [0.15, 0.2) is 11.2 Å². The third-order valence-corrected chi connectivity index (χ3v) is 2.81. The summed E-state index contributed by atoms with van der Waals surface area (Å²) >= 11 is 4.72. The summed E-state index contributed by atoms with van der Waals surface area (Å²) in [5.41, 5.74) is -0.475. The van der Waals surface area contributed by atoms with Crippen molar-refractivity contribution in [1.29, 1.82) is 0 Å². The molecule has 0 bridgehead atoms. The van der Waals surface area contributed by atoms with Crippen LogP contribution >= 0.6 is 27.3 Å². The molecule has 4 nitrogen and oxygen atoms in total. The second kappa shape index (κ2) is 6.16. The van der Waals surface area contributed by atoms with Gasteiger partial charge in [0.15, 0.2) is 0 Å². The van der Waals surface area contributed by atoms with Gasteiger partial charge in [-0.15, -0.1) is 11.3 Å². The average Bonchev–Trinajstić information content (AvgIpc) is 2.61. The first kappa shape index (κ1) is 14.2. The zero-order chi connectivity index (χ0) is 12.9. The molecule has 17 heavy (non-hydrogen) atoms. The van der Waals surface area contributed by atoms with Gasteiger partial charge in [-0.2, -0.15) is 0 Å². The van der Waals surface area contributed by atoms with Crippen molar-refractivity contribution in [3.05, 3.63) is 21.1 Å². The van der Waals surface area contributed by atoms with Crippen LogP contribution in [0.5, 0.6) is 0 Å². The fourth-order valence-electron chi connectivity index (χ4n) is 1.01. The van der Waals surface area contributed by atoms with Crippen molar-refractivity contribution in [2.75, 3.05) is 0 Å². The van der Waals surface area contributed by atoms with E-state index < -0.39 is 11.7 Å². The van der Waals surface area contributed by atoms with E-state index in [1.807, 2.05) is 26.8 Å². The molecule has 0 aliphatic rings. The topological polar surface area (TPSA) is 51.2 Å². The standard InChI is InChI=1S/C11H15BrN2O2S/c1-11(2,3)16-10(15)14-7-9-13-6-8(17-9)4-5-12/h4-6H,7H2,1-3H3,(H,14,15)/b5-4+. The Morgan fingerprint density at radius 3 is 2.94 bits per heavy atom. The fraction of sp³-hybridized carbons (Fsp3) is 0.455. The van der Waals surface area contributed by atoms with Gasteiger partial charge in [-0.3, -0.25) is 0 Å². The van der Waals surface area contributed by atoms with Gasteiger partial charge < -0.3 is 10.1 Å². The highest BCUT2D eigenvalue weighted by Gasteiger charge is 2.15. The predicted octanol–water partition coefficient (Wildman–Crippen LogP) is 3.53. The number of hydrogen-bond acceptors (Lipinski definition) is 4. The van der Waals surface area contributed by atoms with E-state index in [0.29, 0.717) is 6.54 Å². The van der Waals surface area contributed by atoms with Gasteiger partial charge in [0.1, 0.15) is 10.6 Å². The minimum absolute atomic E-state index is 0.385. The lowest BCUT2D eigenvalue weighted by atomic mass is 10.2. The number of alkyl carbamates (subject to hydrolysis) is 1. The molecule has 0 aromatic carbocycles. The molecule has 6 heteroatoms. The Hall–Kier alpha value is -0.880. The number of nitrogens with one attached hydrogen (secondary N) is 1. The van der Waals surface area contributed by atoms with Gasteiger partial charge in [0.25, 0.3) is 0 Å². The number of halogens is 1. The van der Waals surface area contributed by atoms with Crippen molar-refractivity contribution in [3.63, 3.8) is 0 Å². The molecular formula is C11H15BrN2O2S. The molecule has 1 rings (SSSR count). The molecule has 0 fully saturated rings. The van der Waals surface area contributed by atoms with Crippen LogP contribution in [0.4, 0.5) is 4.79 Å². The first-order chi connectivity index (χ1) is 7.90. The summed E-state index contributed by atoms with van der Waals surface area (Å²) in [7, 11) is 0. The van der Waals surface area contributed by atoms with Crippen LogP contribution in [0.3, 0.4) is 0 Å². The van der Waals surface area contributed by atoms with Crippen LogP contribution in [-0.2, 0) is 11.3 Å². The number of ether oxygens (including phenoxy) is 1. The van der Waals surface area contributed by atoms with Crippen molar-refractivity contribution in [1.82, 2.24) is 10.3 Å². The lowest BCUT2D eigenvalue weighted by Gasteiger charge is -2.19. The van der Waals surface area contributed by atoms with E-state index in [-0.39, 0.29) is 0 Å². The number of carbonyl (C=O) groups is 1. The molecule has 1 N–H and O–H groups in total. The molecule has 0 spiro atoms. The Morgan fingerprint density at radius 1 is 1.65 bits per heavy atom. The minimum atomic E-state index is -0.475. The Morgan fingerprint density at radius 2 is 2.35 bits per heavy atom. The van der Waals surface area contributed by atoms with Gasteiger partial charge in [-0.25, -0.2) is 9.78 Å². The summed E-state index contributed by atoms with van der Waals surface area (Å²) < 4.78 is 5.12. The normalized spacial score (nSPS) is 11.8. The van der Waals surface area contributed by atoms with Crippen LogP contribution in [0.1, 0.15) is 30.7 Å². The van der Waals surface area contributed by atoms with Crippen molar-refractivity contribution < 1.29 is 9.53 Å². The molecule has 0 radical (unpaired) electrons. The number of thiazole rings is 1. The van der Waals surface area contributed by atoms with E-state index in [1.165, 1.54) is 11.3 Å². The molecule has 0 atom stereocenters. The molecule has 0 aliphatic carbocycles. The first-order valence-corrected chi connectivity index (χ1v) is 6.82. The van der Waals surface area contributed by atoms with Crippen LogP contribution in [0, 0.1) is 0 Å². The molecule has 1 aromatic rings. The number of rotatable bonds is 3. The summed E-state index contributed by atoms with van der Waals surface area (Å²) in [5, 5.41) is 3.51. The second-order valence-corrected chi connectivity index (χ2v) is 5.98. The maximum Gasteiger partial charge on any atom is 0.408 e. The van der Waals surface area contributed by atoms with Crippen molar-refractivity contribution in [2.45, 2.75) is 32.9 Å². The SMILES string of the molecule is CC(C)(C)OC(=O)NCc1ncc(/C=C/Br)s1. The maximum atomic E-state index is 11.4. The lowest BCUT2D eigenvalue weighted by molar-refractivity contribution is 0.0523. The minimum Gasteiger partial charge on any atom is -0.444 e. The van der Waals surface area contributed by atoms with E-state index in [4.69, 9.17) is 4.74 Å². The second-order valence-electron chi connectivity index (χ2n) is 4.30. The summed E-state index contributed by atoms with van der Waals surface area (Å²) in [6.07, 6.45) is 3.23. The van der Waals surface area contributed by atoms with Crippen LogP contribution in [-0.4, -0.2) is 16.7 Å². The largest absolute Gasteiger partial charge is 0.444 e. The van der Waals surface area contributed by atoms with Crippen LogP contribution < -0.4 is 5.32 Å². The van der Waals surface area contributed by atoms with Gasteiger partial charge in [-0.1, -0.05) is 15.9 Å². The van der Waals surface area contributed by atoms with Crippen molar-refractivity contribution in [3.8, 4) is 0 Å². The van der Waals surface area contributed by atoms with Crippen molar-refractivity contribution >= 4 is 39.4 Å². The first-order valence-electron chi connectivity index (χ1n) is 5.09. The molecule has 0 unspecified atom stereocenters. The number of amides is 1. The van der Waals surface area contributed by atoms with Gasteiger partial charge >= 0.3 is 6.09 Å². The van der Waals surface area contributed by atoms with E-state index >= 15 is 0 Å². The quantitative estimate of drug-likeness (QED) is 0.927. The summed E-state index contributed by atoms with van der Waals surface area (Å²) in [5.74, 6) is 0. The zero-order valence-electron chi connectivity index (χ0n) is 9.99. The number of aromatic nitrogens is 1. The molecular weight excluding hydrogens is 304 g/mol. The molecule has 94 valence electrons. The fourth-order valence-corrected chi connectivity index (χ4v) is 2.23. The van der Waals surface area contributed by atoms with E-state index in [9.17, 15) is 4.79 Å². The van der Waals surface area contributed by atoms with Crippen molar-refractivity contribution in [2.24, 2.45) is 0 Å².